The molecule has 0 N–H and O–H groups in total. The van der Waals surface area contributed by atoms with Gasteiger partial charge in [0.25, 0.3) is 0 Å². The fraction of sp³-hybridized carbons (Fsp3) is 0.500. The van der Waals surface area contributed by atoms with Crippen LogP contribution in [0.3, 0.4) is 0 Å². The van der Waals surface area contributed by atoms with Gasteiger partial charge >= 0.3 is 29.6 Å². The molecule has 1 unspecified atom stereocenters. The molecule has 0 fully saturated rings. The molecule has 1 atom stereocenters. The Morgan fingerprint density at radius 3 is 2.18 bits per heavy atom. The molecule has 1 rings (SSSR count). The normalized spacial score (nSPS) is 12.9. The summed E-state index contributed by atoms with van der Waals surface area (Å²) < 4.78 is 32.1. The molecule has 0 spiro atoms. The van der Waals surface area contributed by atoms with E-state index in [4.69, 9.17) is 0 Å². The van der Waals surface area contributed by atoms with Crippen LogP contribution in [-0.4, -0.2) is 13.0 Å². The maximum atomic E-state index is 10.7. The first kappa shape index (κ1) is 17.1. The molecule has 3 nitrogen and oxygen atoms in total. The second-order valence-corrected chi connectivity index (χ2v) is 5.58. The fourth-order valence-corrected chi connectivity index (χ4v) is 2.26. The maximum absolute atomic E-state index is 10.7. The molecule has 5 heteroatoms. The SMILES string of the molecule is CCCC(C)Cc1ccc(S(=O)(=O)[O-])cc1.[Na+]. The van der Waals surface area contributed by atoms with Crippen LogP contribution in [0.5, 0.6) is 0 Å². The zero-order chi connectivity index (χ0) is 12.2. The van der Waals surface area contributed by atoms with Gasteiger partial charge < -0.3 is 4.55 Å². The Morgan fingerprint density at radius 2 is 1.76 bits per heavy atom. The number of rotatable bonds is 5. The predicted molar refractivity (Wildman–Crippen MR) is 62.2 cm³/mol. The van der Waals surface area contributed by atoms with Gasteiger partial charge in [0, 0.05) is 0 Å². The summed E-state index contributed by atoms with van der Waals surface area (Å²) in [7, 11) is -4.31. The summed E-state index contributed by atoms with van der Waals surface area (Å²) in [5, 5.41) is 0. The molecule has 0 aliphatic rings. The Hall–Kier alpha value is 0.130. The van der Waals surface area contributed by atoms with Crippen LogP contribution < -0.4 is 29.6 Å². The largest absolute Gasteiger partial charge is 1.00 e. The summed E-state index contributed by atoms with van der Waals surface area (Å²) in [6.45, 7) is 4.31. The predicted octanol–water partition coefficient (Wildman–Crippen LogP) is -0.427. The number of hydrogen-bond acceptors (Lipinski definition) is 3. The van der Waals surface area contributed by atoms with Gasteiger partial charge in [-0.3, -0.25) is 0 Å². The second kappa shape index (κ2) is 7.54. The molecule has 0 saturated carbocycles. The van der Waals surface area contributed by atoms with E-state index in [1.54, 1.807) is 12.1 Å². The summed E-state index contributed by atoms with van der Waals surface area (Å²) in [5.41, 5.74) is 1.08. The van der Waals surface area contributed by atoms with Crippen LogP contribution in [0.25, 0.3) is 0 Å². The molecular weight excluding hydrogens is 247 g/mol. The van der Waals surface area contributed by atoms with E-state index in [-0.39, 0.29) is 34.5 Å². The van der Waals surface area contributed by atoms with Crippen LogP contribution in [0, 0.1) is 5.92 Å². The van der Waals surface area contributed by atoms with Crippen molar-refractivity contribution >= 4 is 10.1 Å². The van der Waals surface area contributed by atoms with E-state index in [0.717, 1.165) is 24.8 Å². The van der Waals surface area contributed by atoms with Crippen molar-refractivity contribution < 1.29 is 42.5 Å². The minimum absolute atomic E-state index is 0. The van der Waals surface area contributed by atoms with Crippen LogP contribution in [0.1, 0.15) is 32.3 Å². The van der Waals surface area contributed by atoms with Gasteiger partial charge in [-0.25, -0.2) is 8.42 Å². The summed E-state index contributed by atoms with van der Waals surface area (Å²) in [6, 6.07) is 6.21. The van der Waals surface area contributed by atoms with Crippen molar-refractivity contribution in [1.29, 1.82) is 0 Å². The molecule has 0 aliphatic heterocycles. The summed E-state index contributed by atoms with van der Waals surface area (Å²) in [4.78, 5) is -0.153. The first-order valence-corrected chi connectivity index (χ1v) is 6.89. The van der Waals surface area contributed by atoms with Crippen molar-refractivity contribution in [3.8, 4) is 0 Å². The third kappa shape index (κ3) is 6.02. The molecule has 1 aromatic rings. The van der Waals surface area contributed by atoms with E-state index in [9.17, 15) is 13.0 Å². The third-order valence-corrected chi connectivity index (χ3v) is 3.43. The molecule has 0 radical (unpaired) electrons. The Balaban J connectivity index is 0.00000256. The molecule has 0 aliphatic carbocycles. The molecule has 0 saturated heterocycles. The Bertz CT molecular complexity index is 426. The van der Waals surface area contributed by atoms with Crippen LogP contribution in [0.4, 0.5) is 0 Å². The van der Waals surface area contributed by atoms with E-state index in [0.29, 0.717) is 5.92 Å². The number of hydrogen-bond donors (Lipinski definition) is 0. The number of benzene rings is 1. The van der Waals surface area contributed by atoms with Crippen LogP contribution in [0.2, 0.25) is 0 Å². The van der Waals surface area contributed by atoms with Crippen LogP contribution >= 0.6 is 0 Å². The smallest absolute Gasteiger partial charge is 0.744 e. The average Bonchev–Trinajstić information content (AvgIpc) is 2.17. The summed E-state index contributed by atoms with van der Waals surface area (Å²) in [5.74, 6) is 0.583. The van der Waals surface area contributed by atoms with E-state index in [2.05, 4.69) is 13.8 Å². The third-order valence-electron chi connectivity index (χ3n) is 2.58. The van der Waals surface area contributed by atoms with Crippen molar-refractivity contribution in [2.24, 2.45) is 5.92 Å². The van der Waals surface area contributed by atoms with E-state index < -0.39 is 10.1 Å². The average molecular weight is 264 g/mol. The van der Waals surface area contributed by atoms with Crippen LogP contribution in [0.15, 0.2) is 29.2 Å². The van der Waals surface area contributed by atoms with Crippen molar-refractivity contribution in [2.45, 2.75) is 38.0 Å². The minimum Gasteiger partial charge on any atom is -0.744 e. The van der Waals surface area contributed by atoms with Crippen molar-refractivity contribution in [1.82, 2.24) is 0 Å². The van der Waals surface area contributed by atoms with E-state index >= 15 is 0 Å². The van der Waals surface area contributed by atoms with Gasteiger partial charge in [0.15, 0.2) is 0 Å². The molecule has 17 heavy (non-hydrogen) atoms. The molecular formula is C12H17NaO3S. The molecule has 0 amide bonds. The van der Waals surface area contributed by atoms with Gasteiger partial charge in [-0.15, -0.1) is 0 Å². The Labute approximate surface area is 126 Å². The first-order chi connectivity index (χ1) is 7.43. The standard InChI is InChI=1S/C12H18O3S.Na/c1-3-4-10(2)9-11-5-7-12(8-6-11)16(13,14)15;/h5-8,10H,3-4,9H2,1-2H3,(H,13,14,15);/q;+1/p-1. The quantitative estimate of drug-likeness (QED) is 0.536. The van der Waals surface area contributed by atoms with Crippen molar-refractivity contribution in [3.05, 3.63) is 29.8 Å². The molecule has 90 valence electrons. The van der Waals surface area contributed by atoms with Gasteiger partial charge in [0.05, 0.1) is 4.90 Å². The summed E-state index contributed by atoms with van der Waals surface area (Å²) in [6.07, 6.45) is 3.23. The topological polar surface area (TPSA) is 57.2 Å². The second-order valence-electron chi connectivity index (χ2n) is 4.20. The van der Waals surface area contributed by atoms with Crippen molar-refractivity contribution in [3.63, 3.8) is 0 Å². The zero-order valence-corrected chi connectivity index (χ0v) is 13.5. The molecule has 0 heterocycles. The monoisotopic (exact) mass is 264 g/mol. The molecule has 0 aromatic heterocycles. The minimum atomic E-state index is -4.31. The maximum Gasteiger partial charge on any atom is 1.00 e. The van der Waals surface area contributed by atoms with Crippen molar-refractivity contribution in [2.75, 3.05) is 0 Å². The Morgan fingerprint density at radius 1 is 1.24 bits per heavy atom. The van der Waals surface area contributed by atoms with E-state index in [1.807, 2.05) is 0 Å². The fourth-order valence-electron chi connectivity index (χ4n) is 1.79. The zero-order valence-electron chi connectivity index (χ0n) is 10.6. The van der Waals surface area contributed by atoms with Gasteiger partial charge in [0.1, 0.15) is 10.1 Å². The molecule has 0 bridgehead atoms. The van der Waals surface area contributed by atoms with Gasteiger partial charge in [-0.05, 0) is 30.0 Å². The van der Waals surface area contributed by atoms with Gasteiger partial charge in [-0.2, -0.15) is 0 Å². The van der Waals surface area contributed by atoms with Gasteiger partial charge in [0.2, 0.25) is 0 Å². The van der Waals surface area contributed by atoms with E-state index in [1.165, 1.54) is 12.1 Å². The summed E-state index contributed by atoms with van der Waals surface area (Å²) >= 11 is 0. The Kier molecular flexibility index (Phi) is 7.60. The molecule has 1 aromatic carbocycles. The first-order valence-electron chi connectivity index (χ1n) is 5.48. The van der Waals surface area contributed by atoms with Crippen LogP contribution in [-0.2, 0) is 16.5 Å². The van der Waals surface area contributed by atoms with Gasteiger partial charge in [-0.1, -0.05) is 38.8 Å².